The molecule has 2 amide bonds. The van der Waals surface area contributed by atoms with Crippen LogP contribution in [-0.2, 0) is 20.9 Å². The average molecular weight is 545 g/mol. The van der Waals surface area contributed by atoms with Gasteiger partial charge < -0.3 is 14.2 Å². The van der Waals surface area contributed by atoms with Crippen LogP contribution in [0.25, 0.3) is 6.08 Å². The summed E-state index contributed by atoms with van der Waals surface area (Å²) in [4.78, 5) is 37.8. The number of hydrogen-bond donors (Lipinski definition) is 0. The average Bonchev–Trinajstić information content (AvgIpc) is 3.01. The van der Waals surface area contributed by atoms with E-state index in [-0.39, 0.29) is 22.6 Å². The van der Waals surface area contributed by atoms with Crippen LogP contribution < -0.4 is 9.47 Å². The van der Waals surface area contributed by atoms with Gasteiger partial charge in [-0.1, -0.05) is 40.9 Å². The molecule has 1 heterocycles. The van der Waals surface area contributed by atoms with E-state index < -0.39 is 23.7 Å². The first-order valence-corrected chi connectivity index (χ1v) is 11.9. The summed E-state index contributed by atoms with van der Waals surface area (Å²) in [5.41, 5.74) is 1.29. The van der Waals surface area contributed by atoms with Crippen molar-refractivity contribution in [3.63, 3.8) is 0 Å². The molecule has 0 aliphatic carbocycles. The number of methoxy groups -OCH3 is 1. The molecule has 2 aromatic carbocycles. The largest absolute Gasteiger partial charge is 0.493 e. The van der Waals surface area contributed by atoms with Crippen molar-refractivity contribution in [1.82, 2.24) is 4.90 Å². The summed E-state index contributed by atoms with van der Waals surface area (Å²) in [6.45, 7) is 3.07. The number of ether oxygens (including phenoxy) is 3. The molecular formula is C23H20Cl3NO6S. The summed E-state index contributed by atoms with van der Waals surface area (Å²) < 4.78 is 16.2. The lowest BCUT2D eigenvalue weighted by atomic mass is 10.1. The topological polar surface area (TPSA) is 82.1 Å². The number of hydrogen-bond acceptors (Lipinski definition) is 7. The Bertz CT molecular complexity index is 1170. The summed E-state index contributed by atoms with van der Waals surface area (Å²) >= 11 is 19.1. The first kappa shape index (κ1) is 26.2. The summed E-state index contributed by atoms with van der Waals surface area (Å²) in [5.74, 6) is -0.618. The predicted octanol–water partition coefficient (Wildman–Crippen LogP) is 6.22. The van der Waals surface area contributed by atoms with Crippen LogP contribution in [0.4, 0.5) is 4.79 Å². The first-order chi connectivity index (χ1) is 16.1. The van der Waals surface area contributed by atoms with Crippen LogP contribution in [0, 0.1) is 0 Å². The third-order valence-electron chi connectivity index (χ3n) is 4.44. The number of amides is 2. The molecule has 1 aliphatic heterocycles. The molecule has 0 spiro atoms. The van der Waals surface area contributed by atoms with Crippen LogP contribution in [0.5, 0.6) is 11.5 Å². The molecule has 0 saturated carbocycles. The fraction of sp³-hybridized carbons (Fsp3) is 0.261. The Balaban J connectivity index is 1.78. The summed E-state index contributed by atoms with van der Waals surface area (Å²) in [6, 6.07) is 8.33. The van der Waals surface area contributed by atoms with E-state index >= 15 is 0 Å². The number of nitrogens with zero attached hydrogens (tertiary/aromatic N) is 1. The second-order valence-electron chi connectivity index (χ2n) is 7.38. The zero-order valence-electron chi connectivity index (χ0n) is 18.4. The standard InChI is InChI=1S/C23H20Cl3NO6S/c1-12(2)33-20(28)10-27-22(29)19(34-23(27)30)9-14-7-17(26)21(18(8-14)31-3)32-11-13-4-5-15(24)16(25)6-13/h4-9,12H,10-11H2,1-3H3/b19-9+. The maximum absolute atomic E-state index is 12.7. The highest BCUT2D eigenvalue weighted by atomic mass is 35.5. The van der Waals surface area contributed by atoms with Crippen LogP contribution >= 0.6 is 46.6 Å². The van der Waals surface area contributed by atoms with Gasteiger partial charge in [0.1, 0.15) is 13.2 Å². The Morgan fingerprint density at radius 1 is 1.09 bits per heavy atom. The van der Waals surface area contributed by atoms with E-state index in [9.17, 15) is 14.4 Å². The number of carbonyl (C=O) groups is 3. The van der Waals surface area contributed by atoms with Crippen LogP contribution in [0.1, 0.15) is 25.0 Å². The lowest BCUT2D eigenvalue weighted by Crippen LogP contribution is -2.35. The van der Waals surface area contributed by atoms with Gasteiger partial charge in [-0.15, -0.1) is 0 Å². The SMILES string of the molecule is COc1cc(/C=C2/SC(=O)N(CC(=O)OC(C)C)C2=O)cc(Cl)c1OCc1ccc(Cl)c(Cl)c1. The minimum absolute atomic E-state index is 0.143. The number of carbonyl (C=O) groups excluding carboxylic acids is 3. The highest BCUT2D eigenvalue weighted by molar-refractivity contribution is 8.18. The van der Waals surface area contributed by atoms with Crippen molar-refractivity contribution in [2.45, 2.75) is 26.6 Å². The molecule has 1 fully saturated rings. The maximum Gasteiger partial charge on any atom is 0.326 e. The van der Waals surface area contributed by atoms with E-state index in [1.54, 1.807) is 44.2 Å². The second kappa shape index (κ2) is 11.4. The van der Waals surface area contributed by atoms with Crippen molar-refractivity contribution in [2.24, 2.45) is 0 Å². The highest BCUT2D eigenvalue weighted by Gasteiger charge is 2.36. The number of thioether (sulfide) groups is 1. The summed E-state index contributed by atoms with van der Waals surface area (Å²) in [6.07, 6.45) is 1.14. The molecule has 0 unspecified atom stereocenters. The van der Waals surface area contributed by atoms with Gasteiger partial charge in [0.2, 0.25) is 0 Å². The van der Waals surface area contributed by atoms with Crippen LogP contribution in [0.2, 0.25) is 15.1 Å². The van der Waals surface area contributed by atoms with Crippen molar-refractivity contribution in [1.29, 1.82) is 0 Å². The molecule has 7 nitrogen and oxygen atoms in total. The van der Waals surface area contributed by atoms with E-state index in [0.29, 0.717) is 27.1 Å². The van der Waals surface area contributed by atoms with E-state index in [1.165, 1.54) is 13.2 Å². The minimum Gasteiger partial charge on any atom is -0.493 e. The highest BCUT2D eigenvalue weighted by Crippen LogP contribution is 2.39. The molecule has 11 heteroatoms. The molecular weight excluding hydrogens is 525 g/mol. The molecule has 3 rings (SSSR count). The molecule has 0 bridgehead atoms. The Morgan fingerprint density at radius 3 is 2.47 bits per heavy atom. The van der Waals surface area contributed by atoms with Crippen LogP contribution in [0.3, 0.4) is 0 Å². The van der Waals surface area contributed by atoms with Gasteiger partial charge in [-0.05, 0) is 67.1 Å². The van der Waals surface area contributed by atoms with Gasteiger partial charge in [0.15, 0.2) is 11.5 Å². The van der Waals surface area contributed by atoms with Gasteiger partial charge in [-0.25, -0.2) is 0 Å². The van der Waals surface area contributed by atoms with Crippen molar-refractivity contribution in [3.05, 3.63) is 61.4 Å². The van der Waals surface area contributed by atoms with Gasteiger partial charge in [0.25, 0.3) is 11.1 Å². The van der Waals surface area contributed by atoms with Gasteiger partial charge >= 0.3 is 5.97 Å². The first-order valence-electron chi connectivity index (χ1n) is 9.98. The Morgan fingerprint density at radius 2 is 1.82 bits per heavy atom. The van der Waals surface area contributed by atoms with Gasteiger partial charge in [-0.2, -0.15) is 0 Å². The lowest BCUT2D eigenvalue weighted by molar-refractivity contribution is -0.149. The molecule has 1 saturated heterocycles. The molecule has 0 aromatic heterocycles. The van der Waals surface area contributed by atoms with E-state index in [0.717, 1.165) is 22.2 Å². The molecule has 180 valence electrons. The van der Waals surface area contributed by atoms with Crippen molar-refractivity contribution in [3.8, 4) is 11.5 Å². The van der Waals surface area contributed by atoms with E-state index in [1.807, 2.05) is 0 Å². The Hall–Kier alpha value is -2.39. The molecule has 2 aromatic rings. The monoisotopic (exact) mass is 543 g/mol. The molecule has 34 heavy (non-hydrogen) atoms. The predicted molar refractivity (Wildman–Crippen MR) is 133 cm³/mol. The summed E-state index contributed by atoms with van der Waals surface area (Å²) in [5, 5.41) is 0.524. The second-order valence-corrected chi connectivity index (χ2v) is 9.59. The van der Waals surface area contributed by atoms with Gasteiger partial charge in [-0.3, -0.25) is 19.3 Å². The van der Waals surface area contributed by atoms with E-state index in [4.69, 9.17) is 49.0 Å². The number of halogens is 3. The normalized spacial score (nSPS) is 14.8. The van der Waals surface area contributed by atoms with Crippen molar-refractivity contribution >= 4 is 69.8 Å². The van der Waals surface area contributed by atoms with E-state index in [2.05, 4.69) is 0 Å². The zero-order valence-corrected chi connectivity index (χ0v) is 21.5. The molecule has 1 aliphatic rings. The molecule has 0 atom stereocenters. The fourth-order valence-electron chi connectivity index (χ4n) is 2.97. The number of esters is 1. The quantitative estimate of drug-likeness (QED) is 0.288. The minimum atomic E-state index is -0.660. The van der Waals surface area contributed by atoms with Gasteiger partial charge in [0, 0.05) is 0 Å². The molecule has 0 N–H and O–H groups in total. The maximum atomic E-state index is 12.7. The lowest BCUT2D eigenvalue weighted by Gasteiger charge is -2.14. The van der Waals surface area contributed by atoms with Crippen LogP contribution in [-0.4, -0.2) is 41.8 Å². The number of rotatable bonds is 8. The number of imide groups is 1. The smallest absolute Gasteiger partial charge is 0.326 e. The molecule has 0 radical (unpaired) electrons. The van der Waals surface area contributed by atoms with Crippen LogP contribution in [0.15, 0.2) is 35.2 Å². The Labute approximate surface area is 215 Å². The Kier molecular flexibility index (Phi) is 8.76. The van der Waals surface area contributed by atoms with Crippen molar-refractivity contribution in [2.75, 3.05) is 13.7 Å². The third kappa shape index (κ3) is 6.39. The fourth-order valence-corrected chi connectivity index (χ4v) is 4.40. The van der Waals surface area contributed by atoms with Crippen molar-refractivity contribution < 1.29 is 28.6 Å². The summed E-state index contributed by atoms with van der Waals surface area (Å²) in [7, 11) is 1.45. The number of benzene rings is 2. The zero-order chi connectivity index (χ0) is 25.0. The third-order valence-corrected chi connectivity index (χ3v) is 6.37. The van der Waals surface area contributed by atoms with Gasteiger partial charge in [0.05, 0.1) is 33.2 Å².